The number of amides is 2. The summed E-state index contributed by atoms with van der Waals surface area (Å²) in [6.45, 7) is 3.09. The van der Waals surface area contributed by atoms with Crippen molar-refractivity contribution in [1.82, 2.24) is 15.1 Å². The van der Waals surface area contributed by atoms with Crippen LogP contribution < -0.4 is 5.32 Å². The minimum Gasteiger partial charge on any atom is -0.341 e. The van der Waals surface area contributed by atoms with E-state index in [2.05, 4.69) is 16.8 Å². The molecule has 0 spiro atoms. The van der Waals surface area contributed by atoms with Crippen molar-refractivity contribution in [2.24, 2.45) is 0 Å². The van der Waals surface area contributed by atoms with Crippen LogP contribution in [0.15, 0.2) is 11.4 Å². The fourth-order valence-corrected chi connectivity index (χ4v) is 4.32. The number of fused-ring (bicyclic) bond motifs is 1. The number of carbonyl (C=O) groups is 2. The zero-order chi connectivity index (χ0) is 16.2. The first-order chi connectivity index (χ1) is 11.2. The van der Waals surface area contributed by atoms with Crippen molar-refractivity contribution in [3.8, 4) is 0 Å². The van der Waals surface area contributed by atoms with Crippen molar-refractivity contribution in [1.29, 1.82) is 0 Å². The summed E-state index contributed by atoms with van der Waals surface area (Å²) in [5.41, 5.74) is 1.27. The molecule has 3 heterocycles. The Labute approximate surface area is 141 Å². The highest BCUT2D eigenvalue weighted by Crippen LogP contribution is 2.24. The SMILES string of the molecule is CNC1CCCN(C(=O)CCC(=O)N2CCc3sccc3C2)C1. The van der Waals surface area contributed by atoms with Gasteiger partial charge in [-0.05, 0) is 43.3 Å². The molecule has 2 aliphatic rings. The molecule has 1 fully saturated rings. The number of thiophene rings is 1. The van der Waals surface area contributed by atoms with Crippen LogP contribution in [0.1, 0.15) is 36.1 Å². The average molecular weight is 335 g/mol. The zero-order valence-electron chi connectivity index (χ0n) is 13.7. The third kappa shape index (κ3) is 3.93. The lowest BCUT2D eigenvalue weighted by atomic mass is 10.1. The predicted octanol–water partition coefficient (Wildman–Crippen LogP) is 1.62. The van der Waals surface area contributed by atoms with E-state index in [0.29, 0.717) is 25.4 Å². The van der Waals surface area contributed by atoms with Gasteiger partial charge < -0.3 is 15.1 Å². The van der Waals surface area contributed by atoms with Gasteiger partial charge in [0.25, 0.3) is 0 Å². The molecular weight excluding hydrogens is 310 g/mol. The number of likely N-dealkylation sites (N-methyl/N-ethyl adjacent to an activating group) is 1. The van der Waals surface area contributed by atoms with Crippen LogP contribution in [0.2, 0.25) is 0 Å². The number of rotatable bonds is 4. The second-order valence-electron chi connectivity index (χ2n) is 6.40. The minimum atomic E-state index is 0.109. The highest BCUT2D eigenvalue weighted by atomic mass is 32.1. The highest BCUT2D eigenvalue weighted by Gasteiger charge is 2.25. The Balaban J connectivity index is 1.46. The van der Waals surface area contributed by atoms with Crippen LogP contribution in [-0.4, -0.2) is 54.3 Å². The number of nitrogens with zero attached hydrogens (tertiary/aromatic N) is 2. The first-order valence-electron chi connectivity index (χ1n) is 8.45. The van der Waals surface area contributed by atoms with E-state index >= 15 is 0 Å². The fourth-order valence-electron chi connectivity index (χ4n) is 3.43. The van der Waals surface area contributed by atoms with Crippen LogP contribution in [0.3, 0.4) is 0 Å². The van der Waals surface area contributed by atoms with Crippen molar-refractivity contribution in [2.45, 2.75) is 44.7 Å². The van der Waals surface area contributed by atoms with Gasteiger partial charge in [-0.2, -0.15) is 0 Å². The molecule has 126 valence electrons. The molecular formula is C17H25N3O2S. The van der Waals surface area contributed by atoms with Crippen molar-refractivity contribution in [2.75, 3.05) is 26.7 Å². The Bertz CT molecular complexity index is 572. The van der Waals surface area contributed by atoms with Gasteiger partial charge in [-0.15, -0.1) is 11.3 Å². The maximum absolute atomic E-state index is 12.4. The molecule has 3 rings (SSSR count). The summed E-state index contributed by atoms with van der Waals surface area (Å²) in [4.78, 5) is 29.9. The van der Waals surface area contributed by atoms with Gasteiger partial charge in [0.15, 0.2) is 0 Å². The molecule has 0 saturated carbocycles. The van der Waals surface area contributed by atoms with Gasteiger partial charge in [0, 0.05) is 49.9 Å². The molecule has 0 aromatic carbocycles. The Morgan fingerprint density at radius 1 is 1.26 bits per heavy atom. The van der Waals surface area contributed by atoms with Gasteiger partial charge in [-0.1, -0.05) is 0 Å². The van der Waals surface area contributed by atoms with E-state index in [4.69, 9.17) is 0 Å². The summed E-state index contributed by atoms with van der Waals surface area (Å²) in [5.74, 6) is 0.226. The molecule has 2 amide bonds. The summed E-state index contributed by atoms with van der Waals surface area (Å²) in [5, 5.41) is 5.34. The van der Waals surface area contributed by atoms with E-state index in [9.17, 15) is 9.59 Å². The lowest BCUT2D eigenvalue weighted by molar-refractivity contribution is -0.138. The summed E-state index contributed by atoms with van der Waals surface area (Å²) < 4.78 is 0. The minimum absolute atomic E-state index is 0.109. The molecule has 0 radical (unpaired) electrons. The number of carbonyl (C=O) groups excluding carboxylic acids is 2. The van der Waals surface area contributed by atoms with Crippen molar-refractivity contribution >= 4 is 23.2 Å². The molecule has 1 N–H and O–H groups in total. The topological polar surface area (TPSA) is 52.7 Å². The summed E-state index contributed by atoms with van der Waals surface area (Å²) in [6, 6.07) is 2.50. The van der Waals surface area contributed by atoms with Gasteiger partial charge in [0.1, 0.15) is 0 Å². The fraction of sp³-hybridized carbons (Fsp3) is 0.647. The maximum atomic E-state index is 12.4. The number of hydrogen-bond acceptors (Lipinski definition) is 4. The van der Waals surface area contributed by atoms with Crippen LogP contribution in [-0.2, 0) is 22.6 Å². The van der Waals surface area contributed by atoms with Gasteiger partial charge in [-0.25, -0.2) is 0 Å². The van der Waals surface area contributed by atoms with E-state index in [1.165, 1.54) is 10.4 Å². The molecule has 2 aliphatic heterocycles. The molecule has 0 aliphatic carbocycles. The molecule has 1 aromatic rings. The first kappa shape index (κ1) is 16.5. The van der Waals surface area contributed by atoms with Crippen LogP contribution in [0.5, 0.6) is 0 Å². The second kappa shape index (κ2) is 7.45. The molecule has 5 nitrogen and oxygen atoms in total. The summed E-state index contributed by atoms with van der Waals surface area (Å²) in [7, 11) is 1.94. The molecule has 1 saturated heterocycles. The van der Waals surface area contributed by atoms with E-state index in [1.807, 2.05) is 16.8 Å². The van der Waals surface area contributed by atoms with Gasteiger partial charge in [0.05, 0.1) is 0 Å². The third-order valence-electron chi connectivity index (χ3n) is 4.90. The highest BCUT2D eigenvalue weighted by molar-refractivity contribution is 7.10. The first-order valence-corrected chi connectivity index (χ1v) is 9.33. The number of piperidine rings is 1. The Kier molecular flexibility index (Phi) is 5.33. The standard InChI is InChI=1S/C17H25N3O2S/c1-18-14-3-2-8-19(12-14)16(21)4-5-17(22)20-9-6-15-13(11-20)7-10-23-15/h7,10,14,18H,2-6,8-9,11-12H2,1H3. The van der Waals surface area contributed by atoms with Crippen LogP contribution in [0, 0.1) is 0 Å². The third-order valence-corrected chi connectivity index (χ3v) is 5.92. The van der Waals surface area contributed by atoms with Gasteiger partial charge in [-0.3, -0.25) is 9.59 Å². The van der Waals surface area contributed by atoms with Crippen LogP contribution >= 0.6 is 11.3 Å². The lowest BCUT2D eigenvalue weighted by Gasteiger charge is -2.33. The molecule has 1 aromatic heterocycles. The number of nitrogens with one attached hydrogen (secondary N) is 1. The van der Waals surface area contributed by atoms with Crippen LogP contribution in [0.4, 0.5) is 0 Å². The molecule has 23 heavy (non-hydrogen) atoms. The van der Waals surface area contributed by atoms with Crippen molar-refractivity contribution in [3.05, 3.63) is 21.9 Å². The maximum Gasteiger partial charge on any atom is 0.223 e. The monoisotopic (exact) mass is 335 g/mol. The largest absolute Gasteiger partial charge is 0.341 e. The molecule has 6 heteroatoms. The Morgan fingerprint density at radius 2 is 2.04 bits per heavy atom. The molecule has 1 unspecified atom stereocenters. The Hall–Kier alpha value is -1.40. The van der Waals surface area contributed by atoms with E-state index in [-0.39, 0.29) is 11.8 Å². The number of likely N-dealkylation sites (tertiary alicyclic amines) is 1. The second-order valence-corrected chi connectivity index (χ2v) is 7.40. The van der Waals surface area contributed by atoms with Crippen molar-refractivity contribution < 1.29 is 9.59 Å². The van der Waals surface area contributed by atoms with E-state index < -0.39 is 0 Å². The zero-order valence-corrected chi connectivity index (χ0v) is 14.5. The quantitative estimate of drug-likeness (QED) is 0.910. The summed E-state index contributed by atoms with van der Waals surface area (Å²) in [6.07, 6.45) is 3.78. The normalized spacial score (nSPS) is 21.2. The van der Waals surface area contributed by atoms with Crippen molar-refractivity contribution in [3.63, 3.8) is 0 Å². The molecule has 0 bridgehead atoms. The lowest BCUT2D eigenvalue weighted by Crippen LogP contribution is -2.47. The number of hydrogen-bond donors (Lipinski definition) is 1. The van der Waals surface area contributed by atoms with E-state index in [0.717, 1.165) is 38.9 Å². The summed E-state index contributed by atoms with van der Waals surface area (Å²) >= 11 is 1.77. The smallest absolute Gasteiger partial charge is 0.223 e. The van der Waals surface area contributed by atoms with Gasteiger partial charge in [0.2, 0.25) is 11.8 Å². The molecule has 1 atom stereocenters. The average Bonchev–Trinajstić information content (AvgIpc) is 3.07. The predicted molar refractivity (Wildman–Crippen MR) is 91.3 cm³/mol. The van der Waals surface area contributed by atoms with Gasteiger partial charge >= 0.3 is 0 Å². The van der Waals surface area contributed by atoms with Crippen LogP contribution in [0.25, 0.3) is 0 Å². The van der Waals surface area contributed by atoms with E-state index in [1.54, 1.807) is 11.3 Å². The Morgan fingerprint density at radius 3 is 2.83 bits per heavy atom.